The SMILES string of the molecule is CN=C(N)NC(C)c1ccc(OC)c(OC)c1. The van der Waals surface area contributed by atoms with Gasteiger partial charge in [-0.25, -0.2) is 0 Å². The predicted octanol–water partition coefficient (Wildman–Crippen LogP) is 1.30. The fraction of sp³-hybridized carbons (Fsp3) is 0.417. The van der Waals surface area contributed by atoms with E-state index >= 15 is 0 Å². The molecule has 17 heavy (non-hydrogen) atoms. The number of nitrogens with zero attached hydrogens (tertiary/aromatic N) is 1. The van der Waals surface area contributed by atoms with Gasteiger partial charge in [-0.3, -0.25) is 4.99 Å². The second-order valence-electron chi connectivity index (χ2n) is 3.59. The van der Waals surface area contributed by atoms with Crippen molar-refractivity contribution in [3.63, 3.8) is 0 Å². The number of nitrogens with two attached hydrogens (primary N) is 1. The Labute approximate surface area is 102 Å². The fourth-order valence-corrected chi connectivity index (χ4v) is 1.49. The van der Waals surface area contributed by atoms with Gasteiger partial charge in [-0.15, -0.1) is 0 Å². The topological polar surface area (TPSA) is 68.9 Å². The number of nitrogens with one attached hydrogen (secondary N) is 1. The van der Waals surface area contributed by atoms with Crippen LogP contribution in [0.15, 0.2) is 23.2 Å². The summed E-state index contributed by atoms with van der Waals surface area (Å²) in [5.74, 6) is 1.82. The van der Waals surface area contributed by atoms with E-state index in [9.17, 15) is 0 Å². The molecule has 0 bridgehead atoms. The average Bonchev–Trinajstić information content (AvgIpc) is 2.37. The Morgan fingerprint density at radius 2 is 1.94 bits per heavy atom. The molecule has 0 radical (unpaired) electrons. The first-order valence-electron chi connectivity index (χ1n) is 5.33. The van der Waals surface area contributed by atoms with Gasteiger partial charge in [0.1, 0.15) is 0 Å². The van der Waals surface area contributed by atoms with E-state index in [-0.39, 0.29) is 6.04 Å². The number of hydrogen-bond donors (Lipinski definition) is 2. The van der Waals surface area contributed by atoms with Crippen molar-refractivity contribution in [2.45, 2.75) is 13.0 Å². The Morgan fingerprint density at radius 1 is 1.29 bits per heavy atom. The van der Waals surface area contributed by atoms with E-state index in [4.69, 9.17) is 15.2 Å². The summed E-state index contributed by atoms with van der Waals surface area (Å²) in [6.07, 6.45) is 0. The third-order valence-corrected chi connectivity index (χ3v) is 2.51. The smallest absolute Gasteiger partial charge is 0.188 e. The van der Waals surface area contributed by atoms with E-state index in [2.05, 4.69) is 10.3 Å². The zero-order valence-electron chi connectivity index (χ0n) is 10.7. The molecule has 0 heterocycles. The summed E-state index contributed by atoms with van der Waals surface area (Å²) in [6.45, 7) is 2.00. The van der Waals surface area contributed by atoms with Gasteiger partial charge in [0.15, 0.2) is 17.5 Å². The lowest BCUT2D eigenvalue weighted by atomic mass is 10.1. The number of ether oxygens (including phenoxy) is 2. The molecule has 1 rings (SSSR count). The average molecular weight is 237 g/mol. The molecule has 0 fully saturated rings. The molecule has 3 N–H and O–H groups in total. The maximum atomic E-state index is 5.62. The quantitative estimate of drug-likeness (QED) is 0.611. The first-order chi connectivity index (χ1) is 8.12. The maximum absolute atomic E-state index is 5.62. The molecule has 1 atom stereocenters. The van der Waals surface area contributed by atoms with Gasteiger partial charge in [0.05, 0.1) is 20.3 Å². The molecule has 0 aliphatic heterocycles. The summed E-state index contributed by atoms with van der Waals surface area (Å²) in [5.41, 5.74) is 6.67. The van der Waals surface area contributed by atoms with Crippen molar-refractivity contribution in [3.8, 4) is 11.5 Å². The van der Waals surface area contributed by atoms with E-state index in [0.29, 0.717) is 17.5 Å². The molecule has 0 aliphatic rings. The van der Waals surface area contributed by atoms with E-state index in [1.165, 1.54) is 0 Å². The molecule has 0 saturated carbocycles. The number of hydrogen-bond acceptors (Lipinski definition) is 3. The Morgan fingerprint density at radius 3 is 2.47 bits per heavy atom. The van der Waals surface area contributed by atoms with Gasteiger partial charge in [0, 0.05) is 7.05 Å². The van der Waals surface area contributed by atoms with Gasteiger partial charge in [-0.05, 0) is 24.6 Å². The van der Waals surface area contributed by atoms with Crippen LogP contribution in [0.2, 0.25) is 0 Å². The molecular formula is C12H19N3O2. The van der Waals surface area contributed by atoms with E-state index in [1.807, 2.05) is 25.1 Å². The minimum absolute atomic E-state index is 0.0542. The van der Waals surface area contributed by atoms with Crippen LogP contribution in [0.4, 0.5) is 0 Å². The number of rotatable bonds is 4. The summed E-state index contributed by atoms with van der Waals surface area (Å²) >= 11 is 0. The van der Waals surface area contributed by atoms with Crippen LogP contribution in [0.3, 0.4) is 0 Å². The molecule has 0 spiro atoms. The van der Waals surface area contributed by atoms with Gasteiger partial charge in [0.25, 0.3) is 0 Å². The molecule has 5 nitrogen and oxygen atoms in total. The van der Waals surface area contributed by atoms with Crippen LogP contribution in [-0.2, 0) is 0 Å². The van der Waals surface area contributed by atoms with E-state index < -0.39 is 0 Å². The Hall–Kier alpha value is -1.91. The van der Waals surface area contributed by atoms with Gasteiger partial charge >= 0.3 is 0 Å². The van der Waals surface area contributed by atoms with Crippen molar-refractivity contribution in [1.29, 1.82) is 0 Å². The van der Waals surface area contributed by atoms with Crippen molar-refractivity contribution in [1.82, 2.24) is 5.32 Å². The Bertz CT molecular complexity index is 405. The third-order valence-electron chi connectivity index (χ3n) is 2.51. The number of methoxy groups -OCH3 is 2. The third kappa shape index (κ3) is 3.27. The van der Waals surface area contributed by atoms with Crippen LogP contribution in [0.1, 0.15) is 18.5 Å². The summed E-state index contributed by atoms with van der Waals surface area (Å²) in [7, 11) is 4.87. The summed E-state index contributed by atoms with van der Waals surface area (Å²) in [4.78, 5) is 3.86. The number of aliphatic imine (C=N–C) groups is 1. The lowest BCUT2D eigenvalue weighted by molar-refractivity contribution is 0.354. The number of guanidine groups is 1. The predicted molar refractivity (Wildman–Crippen MR) is 68.6 cm³/mol. The van der Waals surface area contributed by atoms with Crippen LogP contribution in [-0.4, -0.2) is 27.2 Å². The van der Waals surface area contributed by atoms with Crippen LogP contribution in [0.5, 0.6) is 11.5 Å². The highest BCUT2D eigenvalue weighted by Gasteiger charge is 2.10. The minimum atomic E-state index is 0.0542. The monoisotopic (exact) mass is 237 g/mol. The normalized spacial score (nSPS) is 13.1. The van der Waals surface area contributed by atoms with Crippen molar-refractivity contribution >= 4 is 5.96 Å². The molecular weight excluding hydrogens is 218 g/mol. The van der Waals surface area contributed by atoms with Gasteiger partial charge in [-0.1, -0.05) is 6.07 Å². The molecule has 0 saturated heterocycles. The van der Waals surface area contributed by atoms with Gasteiger partial charge < -0.3 is 20.5 Å². The molecule has 1 aromatic rings. The van der Waals surface area contributed by atoms with Crippen LogP contribution < -0.4 is 20.5 Å². The van der Waals surface area contributed by atoms with Crippen molar-refractivity contribution < 1.29 is 9.47 Å². The summed E-state index contributed by atoms with van der Waals surface area (Å²) < 4.78 is 10.4. The van der Waals surface area contributed by atoms with Crippen molar-refractivity contribution in [3.05, 3.63) is 23.8 Å². The molecule has 5 heteroatoms. The van der Waals surface area contributed by atoms with Crippen molar-refractivity contribution in [2.75, 3.05) is 21.3 Å². The standard InChI is InChI=1S/C12H19N3O2/c1-8(15-12(13)14-2)9-5-6-10(16-3)11(7-9)17-4/h5-8H,1-4H3,(H3,13,14,15). The lowest BCUT2D eigenvalue weighted by Crippen LogP contribution is -2.33. The second-order valence-corrected chi connectivity index (χ2v) is 3.59. The Kier molecular flexibility index (Phi) is 4.63. The maximum Gasteiger partial charge on any atom is 0.188 e. The van der Waals surface area contributed by atoms with Crippen LogP contribution >= 0.6 is 0 Å². The van der Waals surface area contributed by atoms with Crippen LogP contribution in [0.25, 0.3) is 0 Å². The largest absolute Gasteiger partial charge is 0.493 e. The first kappa shape index (κ1) is 13.2. The number of benzene rings is 1. The molecule has 0 aliphatic carbocycles. The lowest BCUT2D eigenvalue weighted by Gasteiger charge is -2.16. The van der Waals surface area contributed by atoms with Gasteiger partial charge in [-0.2, -0.15) is 0 Å². The Balaban J connectivity index is 2.91. The summed E-state index contributed by atoms with van der Waals surface area (Å²) in [5, 5.41) is 3.07. The fourth-order valence-electron chi connectivity index (χ4n) is 1.49. The zero-order chi connectivity index (χ0) is 12.8. The second kappa shape index (κ2) is 5.98. The highest BCUT2D eigenvalue weighted by molar-refractivity contribution is 5.78. The molecule has 1 unspecified atom stereocenters. The highest BCUT2D eigenvalue weighted by Crippen LogP contribution is 2.29. The van der Waals surface area contributed by atoms with E-state index in [1.54, 1.807) is 21.3 Å². The van der Waals surface area contributed by atoms with Crippen LogP contribution in [0, 0.1) is 0 Å². The molecule has 94 valence electrons. The first-order valence-corrected chi connectivity index (χ1v) is 5.33. The van der Waals surface area contributed by atoms with Crippen molar-refractivity contribution in [2.24, 2.45) is 10.7 Å². The minimum Gasteiger partial charge on any atom is -0.493 e. The zero-order valence-corrected chi connectivity index (χ0v) is 10.7. The molecule has 0 amide bonds. The van der Waals surface area contributed by atoms with E-state index in [0.717, 1.165) is 5.56 Å². The highest BCUT2D eigenvalue weighted by atomic mass is 16.5. The van der Waals surface area contributed by atoms with Gasteiger partial charge in [0.2, 0.25) is 0 Å². The molecule has 1 aromatic carbocycles. The molecule has 0 aromatic heterocycles. The summed E-state index contributed by atoms with van der Waals surface area (Å²) in [6, 6.07) is 5.80.